The Morgan fingerprint density at radius 2 is 2.14 bits per heavy atom. The molecule has 8 heteroatoms. The highest BCUT2D eigenvalue weighted by Gasteiger charge is 2.23. The van der Waals surface area contributed by atoms with Crippen molar-refractivity contribution in [1.82, 2.24) is 5.32 Å². The maximum absolute atomic E-state index is 12.1. The van der Waals surface area contributed by atoms with E-state index in [0.29, 0.717) is 16.9 Å². The summed E-state index contributed by atoms with van der Waals surface area (Å²) in [7, 11) is 2.71. The van der Waals surface area contributed by atoms with E-state index >= 15 is 0 Å². The van der Waals surface area contributed by atoms with Crippen molar-refractivity contribution in [2.75, 3.05) is 13.7 Å². The van der Waals surface area contributed by atoms with Gasteiger partial charge in [-0.1, -0.05) is 6.42 Å². The van der Waals surface area contributed by atoms with E-state index in [2.05, 4.69) is 21.2 Å². The fourth-order valence-electron chi connectivity index (χ4n) is 2.11. The van der Waals surface area contributed by atoms with E-state index in [9.17, 15) is 13.2 Å². The molecule has 0 aliphatic heterocycles. The van der Waals surface area contributed by atoms with Gasteiger partial charge in [0.2, 0.25) is 0 Å². The van der Waals surface area contributed by atoms with Crippen molar-refractivity contribution in [3.8, 4) is 5.75 Å². The van der Waals surface area contributed by atoms with Crippen LogP contribution in [-0.2, 0) is 9.05 Å². The van der Waals surface area contributed by atoms with Crippen molar-refractivity contribution in [1.29, 1.82) is 0 Å². The third-order valence-corrected chi connectivity index (χ3v) is 5.43. The predicted molar refractivity (Wildman–Crippen MR) is 83.4 cm³/mol. The monoisotopic (exact) mass is 395 g/mol. The fraction of sp³-hybridized carbons (Fsp3) is 0.462. The van der Waals surface area contributed by atoms with Crippen LogP contribution in [0.4, 0.5) is 0 Å². The summed E-state index contributed by atoms with van der Waals surface area (Å²) < 4.78 is 28.6. The quantitative estimate of drug-likeness (QED) is 0.777. The third-order valence-electron chi connectivity index (χ3n) is 3.51. The van der Waals surface area contributed by atoms with Crippen LogP contribution >= 0.6 is 26.6 Å². The number of hydrogen-bond donors (Lipinski definition) is 1. The lowest BCUT2D eigenvalue weighted by molar-refractivity contribution is 0.0938. The summed E-state index contributed by atoms with van der Waals surface area (Å²) in [6, 6.07) is 2.74. The van der Waals surface area contributed by atoms with Gasteiger partial charge in [-0.25, -0.2) is 8.42 Å². The smallest absolute Gasteiger partial charge is 0.265 e. The van der Waals surface area contributed by atoms with E-state index in [1.807, 2.05) is 0 Å². The van der Waals surface area contributed by atoms with Crippen molar-refractivity contribution in [2.45, 2.75) is 24.2 Å². The number of ether oxygens (including phenoxy) is 1. The zero-order valence-corrected chi connectivity index (χ0v) is 14.5. The number of methoxy groups -OCH3 is 1. The number of carbonyl (C=O) groups is 1. The van der Waals surface area contributed by atoms with Gasteiger partial charge >= 0.3 is 0 Å². The number of benzene rings is 1. The molecular weight excluding hydrogens is 382 g/mol. The number of rotatable bonds is 5. The maximum atomic E-state index is 12.1. The molecule has 5 nitrogen and oxygen atoms in total. The van der Waals surface area contributed by atoms with E-state index in [0.717, 1.165) is 12.8 Å². The summed E-state index contributed by atoms with van der Waals surface area (Å²) in [5, 5.41) is 2.81. The van der Waals surface area contributed by atoms with Crippen molar-refractivity contribution >= 4 is 41.6 Å². The second-order valence-electron chi connectivity index (χ2n) is 4.93. The highest BCUT2D eigenvalue weighted by molar-refractivity contribution is 9.10. The van der Waals surface area contributed by atoms with Gasteiger partial charge in [0.15, 0.2) is 5.75 Å². The second-order valence-corrected chi connectivity index (χ2v) is 8.32. The first-order chi connectivity index (χ1) is 9.82. The van der Waals surface area contributed by atoms with E-state index in [4.69, 9.17) is 15.4 Å². The predicted octanol–water partition coefficient (Wildman–Crippen LogP) is 2.92. The summed E-state index contributed by atoms with van der Waals surface area (Å²) in [5.41, 5.74) is 0.223. The molecule has 0 saturated heterocycles. The SMILES string of the molecule is COc1c(Br)cc(C(=O)NCC2CCC2)cc1S(=O)(=O)Cl. The minimum atomic E-state index is -4.01. The van der Waals surface area contributed by atoms with E-state index in [1.54, 1.807) is 0 Å². The van der Waals surface area contributed by atoms with Gasteiger partial charge in [0.1, 0.15) is 4.90 Å². The normalized spacial score (nSPS) is 15.4. The Labute approximate surface area is 136 Å². The van der Waals surface area contributed by atoms with Crippen LogP contribution in [0.15, 0.2) is 21.5 Å². The number of carbonyl (C=O) groups excluding carboxylic acids is 1. The van der Waals surface area contributed by atoms with Gasteiger partial charge in [-0.3, -0.25) is 4.79 Å². The van der Waals surface area contributed by atoms with Crippen LogP contribution in [0.3, 0.4) is 0 Å². The van der Waals surface area contributed by atoms with Gasteiger partial charge in [-0.05, 0) is 46.8 Å². The molecule has 1 saturated carbocycles. The highest BCUT2D eigenvalue weighted by Crippen LogP contribution is 2.35. The molecule has 1 N–H and O–H groups in total. The highest BCUT2D eigenvalue weighted by atomic mass is 79.9. The Morgan fingerprint density at radius 1 is 1.48 bits per heavy atom. The van der Waals surface area contributed by atoms with Crippen LogP contribution < -0.4 is 10.1 Å². The second kappa shape index (κ2) is 6.54. The maximum Gasteiger partial charge on any atom is 0.265 e. The van der Waals surface area contributed by atoms with Crippen LogP contribution in [0.5, 0.6) is 5.75 Å². The van der Waals surface area contributed by atoms with Crippen molar-refractivity contribution in [2.24, 2.45) is 5.92 Å². The molecule has 2 rings (SSSR count). The number of halogens is 2. The molecule has 1 aromatic rings. The Kier molecular flexibility index (Phi) is 5.16. The Balaban J connectivity index is 2.27. The molecule has 0 atom stereocenters. The average molecular weight is 397 g/mol. The van der Waals surface area contributed by atoms with Crippen LogP contribution in [0, 0.1) is 5.92 Å². The van der Waals surface area contributed by atoms with Gasteiger partial charge in [-0.15, -0.1) is 0 Å². The fourth-order valence-corrected chi connectivity index (χ4v) is 3.89. The average Bonchev–Trinajstić information content (AvgIpc) is 2.34. The molecule has 21 heavy (non-hydrogen) atoms. The summed E-state index contributed by atoms with van der Waals surface area (Å²) in [4.78, 5) is 11.9. The first-order valence-electron chi connectivity index (χ1n) is 6.43. The minimum Gasteiger partial charge on any atom is -0.494 e. The van der Waals surface area contributed by atoms with Gasteiger partial charge < -0.3 is 10.1 Å². The molecule has 0 spiro atoms. The van der Waals surface area contributed by atoms with Crippen molar-refractivity contribution in [3.05, 3.63) is 22.2 Å². The topological polar surface area (TPSA) is 72.5 Å². The Morgan fingerprint density at radius 3 is 2.62 bits per heavy atom. The summed E-state index contributed by atoms with van der Waals surface area (Å²) >= 11 is 3.20. The molecule has 1 aliphatic rings. The van der Waals surface area contributed by atoms with Crippen molar-refractivity contribution in [3.63, 3.8) is 0 Å². The Hall–Kier alpha value is -0.790. The largest absolute Gasteiger partial charge is 0.494 e. The van der Waals surface area contributed by atoms with E-state index in [1.165, 1.54) is 25.7 Å². The van der Waals surface area contributed by atoms with Crippen LogP contribution in [0.1, 0.15) is 29.6 Å². The lowest BCUT2D eigenvalue weighted by Gasteiger charge is -2.25. The molecule has 1 amide bonds. The van der Waals surface area contributed by atoms with E-state index in [-0.39, 0.29) is 22.1 Å². The number of amides is 1. The molecular formula is C13H15BrClNO4S. The van der Waals surface area contributed by atoms with Gasteiger partial charge in [-0.2, -0.15) is 0 Å². The molecule has 0 unspecified atom stereocenters. The van der Waals surface area contributed by atoms with Gasteiger partial charge in [0.05, 0.1) is 11.6 Å². The van der Waals surface area contributed by atoms with Crippen LogP contribution in [-0.4, -0.2) is 28.0 Å². The lowest BCUT2D eigenvalue weighted by atomic mass is 9.85. The van der Waals surface area contributed by atoms with Gasteiger partial charge in [0, 0.05) is 22.8 Å². The number of hydrogen-bond acceptors (Lipinski definition) is 4. The molecule has 0 heterocycles. The first kappa shape index (κ1) is 16.6. The minimum absolute atomic E-state index is 0.0838. The molecule has 1 aliphatic carbocycles. The van der Waals surface area contributed by atoms with Crippen molar-refractivity contribution < 1.29 is 17.9 Å². The zero-order chi connectivity index (χ0) is 15.6. The first-order valence-corrected chi connectivity index (χ1v) is 9.53. The van der Waals surface area contributed by atoms with Crippen LogP contribution in [0.2, 0.25) is 0 Å². The Bertz CT molecular complexity index is 658. The summed E-state index contributed by atoms with van der Waals surface area (Å²) in [6.45, 7) is 0.603. The van der Waals surface area contributed by atoms with Gasteiger partial charge in [0.25, 0.3) is 15.0 Å². The molecule has 0 radical (unpaired) electrons. The molecule has 116 valence electrons. The number of nitrogens with one attached hydrogen (secondary N) is 1. The van der Waals surface area contributed by atoms with E-state index < -0.39 is 9.05 Å². The third kappa shape index (κ3) is 3.90. The lowest BCUT2D eigenvalue weighted by Crippen LogP contribution is -2.32. The summed E-state index contributed by atoms with van der Waals surface area (Å²) in [6.07, 6.45) is 3.44. The molecule has 1 fully saturated rings. The standard InChI is InChI=1S/C13H15BrClNO4S/c1-20-12-10(14)5-9(6-11(12)21(15,18)19)13(17)16-7-8-3-2-4-8/h5-6,8H,2-4,7H2,1H3,(H,16,17). The zero-order valence-electron chi connectivity index (χ0n) is 11.4. The molecule has 1 aromatic carbocycles. The summed E-state index contributed by atoms with van der Waals surface area (Å²) in [5.74, 6) is 0.277. The van der Waals surface area contributed by atoms with Crippen LogP contribution in [0.25, 0.3) is 0 Å². The molecule has 0 aromatic heterocycles. The molecule has 0 bridgehead atoms.